The summed E-state index contributed by atoms with van der Waals surface area (Å²) in [7, 11) is 2.17. The minimum atomic E-state index is 0.0785. The molecule has 1 aromatic heterocycles. The third-order valence-electron chi connectivity index (χ3n) is 5.47. The molecule has 3 rings (SSSR count). The summed E-state index contributed by atoms with van der Waals surface area (Å²) in [5.74, 6) is 0. The van der Waals surface area contributed by atoms with Crippen LogP contribution in [0.1, 0.15) is 57.1 Å². The number of carbonyl (C=O) groups excluding carboxylic acids is 1. The Balaban J connectivity index is 1.61. The van der Waals surface area contributed by atoms with Gasteiger partial charge in [-0.1, -0.05) is 12.8 Å². The summed E-state index contributed by atoms with van der Waals surface area (Å²) in [5.41, 5.74) is 1.20. The van der Waals surface area contributed by atoms with Crippen LogP contribution >= 0.6 is 0 Å². The Kier molecular flexibility index (Phi) is 5.72. The van der Waals surface area contributed by atoms with E-state index in [1.807, 2.05) is 29.4 Å². The highest BCUT2D eigenvalue weighted by molar-refractivity contribution is 5.74. The molecular weight excluding hydrogens is 300 g/mol. The molecule has 2 fully saturated rings. The minimum absolute atomic E-state index is 0.0785. The molecule has 0 aromatic carbocycles. The number of hydrogen-bond acceptors (Lipinski definition) is 3. The van der Waals surface area contributed by atoms with Crippen molar-refractivity contribution in [1.82, 2.24) is 20.1 Å². The van der Waals surface area contributed by atoms with Gasteiger partial charge < -0.3 is 10.2 Å². The summed E-state index contributed by atoms with van der Waals surface area (Å²) in [4.78, 5) is 21.4. The second kappa shape index (κ2) is 7.97. The molecule has 0 unspecified atom stereocenters. The van der Waals surface area contributed by atoms with Gasteiger partial charge in [0.15, 0.2) is 0 Å². The fourth-order valence-corrected chi connectivity index (χ4v) is 3.61. The smallest absolute Gasteiger partial charge is 0.317 e. The summed E-state index contributed by atoms with van der Waals surface area (Å²) < 4.78 is 0. The molecule has 1 N–H and O–H groups in total. The molecule has 1 saturated heterocycles. The monoisotopic (exact) mass is 330 g/mol. The molecule has 2 aliphatic rings. The lowest BCUT2D eigenvalue weighted by Crippen LogP contribution is -2.47. The lowest BCUT2D eigenvalue weighted by molar-refractivity contribution is 0.169. The van der Waals surface area contributed by atoms with E-state index in [2.05, 4.69) is 29.2 Å². The van der Waals surface area contributed by atoms with E-state index in [9.17, 15) is 4.79 Å². The molecule has 0 bridgehead atoms. The van der Waals surface area contributed by atoms with E-state index in [1.54, 1.807) is 0 Å². The number of nitrogens with zero attached hydrogens (tertiary/aromatic N) is 3. The third-order valence-corrected chi connectivity index (χ3v) is 5.47. The predicted octanol–water partition coefficient (Wildman–Crippen LogP) is 3.19. The maximum absolute atomic E-state index is 12.8. The Morgan fingerprint density at radius 3 is 2.75 bits per heavy atom. The van der Waals surface area contributed by atoms with E-state index in [-0.39, 0.29) is 12.1 Å². The molecule has 0 spiro atoms. The summed E-state index contributed by atoms with van der Waals surface area (Å²) in [6.07, 6.45) is 10.7. The number of rotatable bonds is 5. The molecule has 1 saturated carbocycles. The van der Waals surface area contributed by atoms with Crippen molar-refractivity contribution in [2.24, 2.45) is 0 Å². The van der Waals surface area contributed by atoms with Crippen molar-refractivity contribution in [3.63, 3.8) is 0 Å². The maximum Gasteiger partial charge on any atom is 0.317 e. The molecule has 2 heterocycles. The minimum Gasteiger partial charge on any atom is -0.336 e. The largest absolute Gasteiger partial charge is 0.336 e. The molecule has 1 aromatic rings. The van der Waals surface area contributed by atoms with Crippen molar-refractivity contribution in [2.75, 3.05) is 20.1 Å². The number of carbonyl (C=O) groups is 1. The van der Waals surface area contributed by atoms with E-state index >= 15 is 0 Å². The Hall–Kier alpha value is -1.62. The van der Waals surface area contributed by atoms with Crippen LogP contribution in [0.2, 0.25) is 0 Å². The Bertz CT molecular complexity index is 531. The van der Waals surface area contributed by atoms with Gasteiger partial charge in [-0.15, -0.1) is 0 Å². The van der Waals surface area contributed by atoms with E-state index in [0.717, 1.165) is 25.4 Å². The molecule has 5 nitrogen and oxygen atoms in total. The van der Waals surface area contributed by atoms with Gasteiger partial charge in [0.25, 0.3) is 0 Å². The van der Waals surface area contributed by atoms with Crippen LogP contribution < -0.4 is 5.32 Å². The first-order chi connectivity index (χ1) is 11.7. The van der Waals surface area contributed by atoms with Crippen molar-refractivity contribution in [3.05, 3.63) is 30.1 Å². The van der Waals surface area contributed by atoms with Gasteiger partial charge in [0.2, 0.25) is 0 Å². The van der Waals surface area contributed by atoms with Crippen molar-refractivity contribution in [2.45, 2.75) is 63.6 Å². The first kappa shape index (κ1) is 17.2. The topological polar surface area (TPSA) is 48.5 Å². The second-order valence-electron chi connectivity index (χ2n) is 7.27. The zero-order valence-electron chi connectivity index (χ0n) is 14.9. The zero-order chi connectivity index (χ0) is 16.9. The van der Waals surface area contributed by atoms with Crippen LogP contribution in [0.3, 0.4) is 0 Å². The van der Waals surface area contributed by atoms with E-state index in [0.29, 0.717) is 12.6 Å². The highest BCUT2D eigenvalue weighted by atomic mass is 16.2. The first-order valence-corrected chi connectivity index (χ1v) is 9.33. The molecule has 5 heteroatoms. The van der Waals surface area contributed by atoms with Crippen LogP contribution in [-0.2, 0) is 0 Å². The molecule has 1 aliphatic heterocycles. The van der Waals surface area contributed by atoms with Gasteiger partial charge in [-0.3, -0.25) is 9.88 Å². The number of nitrogens with one attached hydrogen (secondary N) is 1. The molecule has 2 amide bonds. The summed E-state index contributed by atoms with van der Waals surface area (Å²) in [6, 6.07) is 5.44. The summed E-state index contributed by atoms with van der Waals surface area (Å²) in [6.45, 7) is 3.75. The van der Waals surface area contributed by atoms with Crippen LogP contribution in [0, 0.1) is 0 Å². The van der Waals surface area contributed by atoms with Gasteiger partial charge in [0.1, 0.15) is 0 Å². The van der Waals surface area contributed by atoms with Crippen molar-refractivity contribution in [1.29, 1.82) is 0 Å². The molecular formula is C19H30N4O. The number of amides is 2. The first-order valence-electron chi connectivity index (χ1n) is 9.33. The molecule has 2 atom stereocenters. The number of urea groups is 1. The molecule has 1 aliphatic carbocycles. The average Bonchev–Trinajstić information content (AvgIpc) is 3.45. The van der Waals surface area contributed by atoms with Crippen molar-refractivity contribution in [3.8, 4) is 0 Å². The van der Waals surface area contributed by atoms with Crippen LogP contribution in [-0.4, -0.2) is 53.0 Å². The van der Waals surface area contributed by atoms with Gasteiger partial charge >= 0.3 is 6.03 Å². The van der Waals surface area contributed by atoms with E-state index in [4.69, 9.17) is 0 Å². The quantitative estimate of drug-likeness (QED) is 0.902. The van der Waals surface area contributed by atoms with Gasteiger partial charge in [-0.25, -0.2) is 4.79 Å². The SMILES string of the molecule is C[C@@H](CNC(=O)N1CCCCC[C@H]1c1ccncc1)N(C)C1CC1. The summed E-state index contributed by atoms with van der Waals surface area (Å²) >= 11 is 0. The number of pyridine rings is 1. The van der Waals surface area contributed by atoms with Crippen LogP contribution in [0.4, 0.5) is 4.79 Å². The standard InChI is InChI=1S/C19H30N4O/c1-15(22(2)17-7-8-17)14-21-19(24)23-13-5-3-4-6-18(23)16-9-11-20-12-10-16/h9-12,15,17-18H,3-8,13-14H2,1-2H3,(H,21,24)/t15-,18-/m0/s1. The lowest BCUT2D eigenvalue weighted by atomic mass is 10.0. The molecule has 24 heavy (non-hydrogen) atoms. The van der Waals surface area contributed by atoms with Gasteiger partial charge in [0, 0.05) is 37.6 Å². The third kappa shape index (κ3) is 4.26. The van der Waals surface area contributed by atoms with Crippen molar-refractivity contribution < 1.29 is 4.79 Å². The highest BCUT2D eigenvalue weighted by Gasteiger charge is 2.30. The van der Waals surface area contributed by atoms with Crippen LogP contribution in [0.25, 0.3) is 0 Å². The number of hydrogen-bond donors (Lipinski definition) is 1. The fourth-order valence-electron chi connectivity index (χ4n) is 3.61. The van der Waals surface area contributed by atoms with Gasteiger partial charge in [0.05, 0.1) is 6.04 Å². The average molecular weight is 330 g/mol. The Morgan fingerprint density at radius 2 is 2.04 bits per heavy atom. The van der Waals surface area contributed by atoms with Gasteiger partial charge in [-0.05, 0) is 57.4 Å². The number of likely N-dealkylation sites (tertiary alicyclic amines) is 1. The zero-order valence-corrected chi connectivity index (χ0v) is 14.9. The highest BCUT2D eigenvalue weighted by Crippen LogP contribution is 2.30. The Labute approximate surface area is 145 Å². The second-order valence-corrected chi connectivity index (χ2v) is 7.27. The molecule has 0 radical (unpaired) electrons. The maximum atomic E-state index is 12.8. The van der Waals surface area contributed by atoms with Gasteiger partial charge in [-0.2, -0.15) is 0 Å². The normalized spacial score (nSPS) is 23.0. The van der Waals surface area contributed by atoms with Crippen LogP contribution in [0.15, 0.2) is 24.5 Å². The number of aromatic nitrogens is 1. The van der Waals surface area contributed by atoms with Crippen molar-refractivity contribution >= 4 is 6.03 Å². The predicted molar refractivity (Wildman–Crippen MR) is 95.8 cm³/mol. The van der Waals surface area contributed by atoms with E-state index < -0.39 is 0 Å². The molecule has 132 valence electrons. The lowest BCUT2D eigenvalue weighted by Gasteiger charge is -2.32. The van der Waals surface area contributed by atoms with Crippen LogP contribution in [0.5, 0.6) is 0 Å². The van der Waals surface area contributed by atoms with E-state index in [1.165, 1.54) is 31.2 Å². The number of likely N-dealkylation sites (N-methyl/N-ethyl adjacent to an activating group) is 1. The summed E-state index contributed by atoms with van der Waals surface area (Å²) in [5, 5.41) is 3.17. The Morgan fingerprint density at radius 1 is 1.29 bits per heavy atom. The fraction of sp³-hybridized carbons (Fsp3) is 0.684.